The topological polar surface area (TPSA) is 96.7 Å². The van der Waals surface area contributed by atoms with Gasteiger partial charge in [-0.25, -0.2) is 14.6 Å². The molecule has 1 saturated carbocycles. The van der Waals surface area contributed by atoms with Gasteiger partial charge in [-0.05, 0) is 13.3 Å². The SMILES string of the molecule is CCOC(=O)C1CC1(Br)Cn1cnc(C(=O)OC)c1C(=O)OC. The van der Waals surface area contributed by atoms with Gasteiger partial charge in [-0.3, -0.25) is 4.79 Å². The molecular weight excluding hydrogens is 372 g/mol. The second-order valence-electron chi connectivity index (χ2n) is 5.10. The minimum Gasteiger partial charge on any atom is -0.466 e. The zero-order valence-electron chi connectivity index (χ0n) is 13.0. The van der Waals surface area contributed by atoms with Crippen LogP contribution in [0.25, 0.3) is 0 Å². The van der Waals surface area contributed by atoms with E-state index in [0.717, 1.165) is 0 Å². The van der Waals surface area contributed by atoms with Crippen molar-refractivity contribution in [2.24, 2.45) is 5.92 Å². The molecule has 0 spiro atoms. The molecule has 0 aliphatic heterocycles. The van der Waals surface area contributed by atoms with Crippen molar-refractivity contribution in [3.05, 3.63) is 17.7 Å². The highest BCUT2D eigenvalue weighted by Gasteiger charge is 2.58. The zero-order valence-corrected chi connectivity index (χ0v) is 14.6. The van der Waals surface area contributed by atoms with Crippen molar-refractivity contribution >= 4 is 33.8 Å². The lowest BCUT2D eigenvalue weighted by Gasteiger charge is -2.13. The molecule has 2 atom stereocenters. The molecule has 23 heavy (non-hydrogen) atoms. The lowest BCUT2D eigenvalue weighted by atomic mass is 10.2. The van der Waals surface area contributed by atoms with Gasteiger partial charge in [0.15, 0.2) is 11.4 Å². The lowest BCUT2D eigenvalue weighted by molar-refractivity contribution is -0.144. The first-order valence-corrected chi connectivity index (χ1v) is 7.74. The second kappa shape index (κ2) is 6.69. The molecule has 1 aromatic rings. The number of methoxy groups -OCH3 is 2. The van der Waals surface area contributed by atoms with Crippen molar-refractivity contribution in [2.75, 3.05) is 20.8 Å². The molecule has 9 heteroatoms. The van der Waals surface area contributed by atoms with E-state index in [2.05, 4.69) is 25.7 Å². The highest BCUT2D eigenvalue weighted by molar-refractivity contribution is 9.10. The summed E-state index contributed by atoms with van der Waals surface area (Å²) in [4.78, 5) is 39.4. The van der Waals surface area contributed by atoms with E-state index < -0.39 is 16.3 Å². The fraction of sp³-hybridized carbons (Fsp3) is 0.571. The van der Waals surface area contributed by atoms with Gasteiger partial charge < -0.3 is 18.8 Å². The summed E-state index contributed by atoms with van der Waals surface area (Å²) in [7, 11) is 2.41. The van der Waals surface area contributed by atoms with Gasteiger partial charge in [-0.15, -0.1) is 0 Å². The molecular formula is C14H17BrN2O6. The first kappa shape index (κ1) is 17.5. The Morgan fingerprint density at radius 3 is 2.57 bits per heavy atom. The Bertz CT molecular complexity index is 643. The van der Waals surface area contributed by atoms with Gasteiger partial charge in [0.25, 0.3) is 0 Å². The molecule has 2 unspecified atom stereocenters. The van der Waals surface area contributed by atoms with Crippen LogP contribution in [-0.4, -0.2) is 52.6 Å². The van der Waals surface area contributed by atoms with Crippen molar-refractivity contribution in [2.45, 2.75) is 24.2 Å². The van der Waals surface area contributed by atoms with Gasteiger partial charge in [0.05, 0.1) is 37.4 Å². The summed E-state index contributed by atoms with van der Waals surface area (Å²) in [6.45, 7) is 2.32. The van der Waals surface area contributed by atoms with Crippen molar-refractivity contribution in [3.8, 4) is 0 Å². The largest absolute Gasteiger partial charge is 0.466 e. The number of alkyl halides is 1. The fourth-order valence-corrected chi connectivity index (χ4v) is 3.12. The maximum atomic E-state index is 12.0. The van der Waals surface area contributed by atoms with Gasteiger partial charge in [0.2, 0.25) is 0 Å². The minimum atomic E-state index is -0.731. The number of carbonyl (C=O) groups excluding carboxylic acids is 3. The lowest BCUT2D eigenvalue weighted by Crippen LogP contribution is -2.22. The third-order valence-electron chi connectivity index (χ3n) is 3.61. The molecule has 126 valence electrons. The number of nitrogens with zero attached hydrogens (tertiary/aromatic N) is 2. The fourth-order valence-electron chi connectivity index (χ4n) is 2.33. The number of ether oxygens (including phenoxy) is 3. The van der Waals surface area contributed by atoms with Crippen LogP contribution in [-0.2, 0) is 25.5 Å². The summed E-state index contributed by atoms with van der Waals surface area (Å²) in [5.74, 6) is -2.04. The van der Waals surface area contributed by atoms with Crippen LogP contribution >= 0.6 is 15.9 Å². The Morgan fingerprint density at radius 2 is 2.00 bits per heavy atom. The molecule has 0 amide bonds. The second-order valence-corrected chi connectivity index (χ2v) is 6.68. The highest BCUT2D eigenvalue weighted by Crippen LogP contribution is 2.53. The smallest absolute Gasteiger partial charge is 0.359 e. The number of carbonyl (C=O) groups is 3. The molecule has 0 aromatic carbocycles. The predicted octanol–water partition coefficient (Wildman–Crippen LogP) is 1.17. The molecule has 0 bridgehead atoms. The normalized spacial score (nSPS) is 22.3. The molecule has 2 rings (SSSR count). The van der Waals surface area contributed by atoms with E-state index in [0.29, 0.717) is 13.0 Å². The Kier molecular flexibility index (Phi) is 5.08. The van der Waals surface area contributed by atoms with Crippen LogP contribution in [0.3, 0.4) is 0 Å². The maximum Gasteiger partial charge on any atom is 0.359 e. The van der Waals surface area contributed by atoms with E-state index in [1.165, 1.54) is 25.1 Å². The quantitative estimate of drug-likeness (QED) is 0.409. The average molecular weight is 389 g/mol. The van der Waals surface area contributed by atoms with E-state index in [1.807, 2.05) is 0 Å². The maximum absolute atomic E-state index is 12.0. The van der Waals surface area contributed by atoms with Crippen LogP contribution in [0, 0.1) is 5.92 Å². The monoisotopic (exact) mass is 388 g/mol. The first-order chi connectivity index (χ1) is 10.9. The molecule has 1 aromatic heterocycles. The van der Waals surface area contributed by atoms with Crippen LogP contribution < -0.4 is 0 Å². The van der Waals surface area contributed by atoms with Crippen LogP contribution in [0.1, 0.15) is 34.3 Å². The minimum absolute atomic E-state index is 0.00677. The summed E-state index contributed by atoms with van der Waals surface area (Å²) < 4.78 is 15.3. The standard InChI is InChI=1S/C14H17BrN2O6/c1-4-23-11(18)8-5-14(8,15)6-17-7-16-9(12(19)21-2)10(17)13(20)22-3/h7-8H,4-6H2,1-3H3. The van der Waals surface area contributed by atoms with Crippen molar-refractivity contribution in [1.29, 1.82) is 0 Å². The summed E-state index contributed by atoms with van der Waals surface area (Å²) >= 11 is 3.51. The molecule has 0 N–H and O–H groups in total. The van der Waals surface area contributed by atoms with Crippen molar-refractivity contribution in [3.63, 3.8) is 0 Å². The first-order valence-electron chi connectivity index (χ1n) is 6.95. The number of halogens is 1. The molecule has 0 radical (unpaired) electrons. The predicted molar refractivity (Wildman–Crippen MR) is 81.3 cm³/mol. The number of esters is 3. The van der Waals surface area contributed by atoms with Crippen LogP contribution in [0.15, 0.2) is 6.33 Å². The van der Waals surface area contributed by atoms with Gasteiger partial charge >= 0.3 is 17.9 Å². The average Bonchev–Trinajstić information content (AvgIpc) is 3.02. The van der Waals surface area contributed by atoms with Gasteiger partial charge in [0.1, 0.15) is 0 Å². The Morgan fingerprint density at radius 1 is 1.35 bits per heavy atom. The van der Waals surface area contributed by atoms with E-state index in [9.17, 15) is 14.4 Å². The van der Waals surface area contributed by atoms with E-state index in [-0.39, 0.29) is 29.8 Å². The number of aromatic nitrogens is 2. The number of hydrogen-bond acceptors (Lipinski definition) is 7. The van der Waals surface area contributed by atoms with Gasteiger partial charge in [-0.1, -0.05) is 15.9 Å². The van der Waals surface area contributed by atoms with Gasteiger partial charge in [0, 0.05) is 6.54 Å². The summed E-state index contributed by atoms with van der Waals surface area (Å²) in [6, 6.07) is 0. The van der Waals surface area contributed by atoms with Crippen molar-refractivity contribution < 1.29 is 28.6 Å². The summed E-state index contributed by atoms with van der Waals surface area (Å²) in [5.41, 5.74) is -0.128. The summed E-state index contributed by atoms with van der Waals surface area (Å²) in [5, 5.41) is 0. The number of hydrogen-bond donors (Lipinski definition) is 0. The molecule has 1 heterocycles. The van der Waals surface area contributed by atoms with E-state index >= 15 is 0 Å². The molecule has 0 saturated heterocycles. The Labute approximate surface area is 141 Å². The van der Waals surface area contributed by atoms with E-state index in [1.54, 1.807) is 6.92 Å². The Hall–Kier alpha value is -1.90. The van der Waals surface area contributed by atoms with Gasteiger partial charge in [-0.2, -0.15) is 0 Å². The van der Waals surface area contributed by atoms with Crippen molar-refractivity contribution in [1.82, 2.24) is 9.55 Å². The third-order valence-corrected chi connectivity index (χ3v) is 4.73. The van der Waals surface area contributed by atoms with Crippen LogP contribution in [0.4, 0.5) is 0 Å². The molecule has 1 aliphatic carbocycles. The van der Waals surface area contributed by atoms with Crippen LogP contribution in [0.2, 0.25) is 0 Å². The number of rotatable bonds is 6. The third kappa shape index (κ3) is 3.39. The zero-order chi connectivity index (χ0) is 17.2. The highest BCUT2D eigenvalue weighted by atomic mass is 79.9. The number of imidazole rings is 1. The molecule has 1 fully saturated rings. The van der Waals surface area contributed by atoms with Crippen LogP contribution in [0.5, 0.6) is 0 Å². The Balaban J connectivity index is 2.24. The van der Waals surface area contributed by atoms with E-state index in [4.69, 9.17) is 9.47 Å². The molecule has 1 aliphatic rings. The summed E-state index contributed by atoms with van der Waals surface area (Å²) in [6.07, 6.45) is 1.92. The molecule has 8 nitrogen and oxygen atoms in total.